The predicted molar refractivity (Wildman–Crippen MR) is 92.3 cm³/mol. The van der Waals surface area contributed by atoms with Gasteiger partial charge >= 0.3 is 0 Å². The van der Waals surface area contributed by atoms with E-state index < -0.39 is 0 Å². The molecule has 0 saturated carbocycles. The van der Waals surface area contributed by atoms with E-state index in [0.717, 1.165) is 45.4 Å². The Morgan fingerprint density at radius 1 is 1.13 bits per heavy atom. The van der Waals surface area contributed by atoms with E-state index in [1.54, 1.807) is 0 Å². The third-order valence-electron chi connectivity index (χ3n) is 5.36. The smallest absolute Gasteiger partial charge is 0.136 e. The molecule has 1 aromatic carbocycles. The number of unbranched alkanes of at least 4 members (excludes halogenated alkanes) is 2. The molecule has 2 aliphatic rings. The van der Waals surface area contributed by atoms with Crippen LogP contribution in [0.1, 0.15) is 51.0 Å². The van der Waals surface area contributed by atoms with Crippen LogP contribution in [0.15, 0.2) is 30.3 Å². The molecule has 1 aromatic rings. The Morgan fingerprint density at radius 2 is 1.83 bits per heavy atom. The Bertz CT molecular complexity index is 488. The molecule has 23 heavy (non-hydrogen) atoms. The lowest BCUT2D eigenvalue weighted by Gasteiger charge is -2.48. The fraction of sp³-hybridized carbons (Fsp3) is 0.650. The van der Waals surface area contributed by atoms with Crippen LogP contribution >= 0.6 is 0 Å². The minimum atomic E-state index is 0.262. The van der Waals surface area contributed by atoms with Gasteiger partial charge in [-0.05, 0) is 24.8 Å². The molecule has 0 radical (unpaired) electrons. The van der Waals surface area contributed by atoms with Gasteiger partial charge in [-0.1, -0.05) is 50.1 Å². The summed E-state index contributed by atoms with van der Waals surface area (Å²) in [5.74, 6) is 0.757. The zero-order valence-electron chi connectivity index (χ0n) is 14.2. The molecule has 2 aliphatic heterocycles. The van der Waals surface area contributed by atoms with Crippen LogP contribution in [0.3, 0.4) is 0 Å². The van der Waals surface area contributed by atoms with E-state index in [4.69, 9.17) is 4.74 Å². The van der Waals surface area contributed by atoms with E-state index in [1.807, 2.05) is 0 Å². The van der Waals surface area contributed by atoms with Crippen molar-refractivity contribution in [2.75, 3.05) is 13.2 Å². The van der Waals surface area contributed by atoms with Crippen LogP contribution in [0.4, 0.5) is 0 Å². The summed E-state index contributed by atoms with van der Waals surface area (Å²) in [5.41, 5.74) is 1.36. The van der Waals surface area contributed by atoms with Crippen LogP contribution in [0.5, 0.6) is 0 Å². The highest BCUT2D eigenvalue weighted by Gasteiger charge is 2.40. The van der Waals surface area contributed by atoms with Gasteiger partial charge in [0.05, 0.1) is 13.2 Å². The number of piperidine rings is 1. The molecule has 2 saturated heterocycles. The average molecular weight is 315 g/mol. The summed E-state index contributed by atoms with van der Waals surface area (Å²) >= 11 is 0. The van der Waals surface area contributed by atoms with E-state index in [2.05, 4.69) is 42.2 Å². The van der Waals surface area contributed by atoms with Gasteiger partial charge in [-0.15, -0.1) is 0 Å². The fourth-order valence-electron chi connectivity index (χ4n) is 4.06. The number of hydrogen-bond donors (Lipinski definition) is 0. The van der Waals surface area contributed by atoms with Gasteiger partial charge in [-0.2, -0.15) is 0 Å². The van der Waals surface area contributed by atoms with Gasteiger partial charge in [0.2, 0.25) is 0 Å². The zero-order chi connectivity index (χ0) is 16.1. The highest BCUT2D eigenvalue weighted by molar-refractivity contribution is 5.81. The van der Waals surface area contributed by atoms with Gasteiger partial charge in [0.15, 0.2) is 0 Å². The molecular formula is C20H29NO2. The summed E-state index contributed by atoms with van der Waals surface area (Å²) in [4.78, 5) is 15.1. The number of carbonyl (C=O) groups excluding carboxylic acids is 1. The maximum Gasteiger partial charge on any atom is 0.136 e. The standard InChI is InChI=1S/C20H29NO2/c1-2-3-5-10-20(22)17-11-18-14-23-15-19(12-17)21(18)13-16-8-6-4-7-9-16/h4,6-9,17-19H,2-3,5,10-15H2,1H3. The Morgan fingerprint density at radius 3 is 2.48 bits per heavy atom. The van der Waals surface area contributed by atoms with Crippen LogP contribution in [0, 0.1) is 5.92 Å². The topological polar surface area (TPSA) is 29.5 Å². The van der Waals surface area contributed by atoms with Gasteiger partial charge in [0, 0.05) is 31.0 Å². The van der Waals surface area contributed by atoms with E-state index in [0.29, 0.717) is 17.9 Å². The Kier molecular flexibility index (Phi) is 5.85. The third kappa shape index (κ3) is 4.21. The lowest BCUT2D eigenvalue weighted by Crippen LogP contribution is -2.57. The van der Waals surface area contributed by atoms with E-state index in [-0.39, 0.29) is 5.92 Å². The minimum Gasteiger partial charge on any atom is -0.378 e. The lowest BCUT2D eigenvalue weighted by atomic mass is 9.81. The zero-order valence-corrected chi connectivity index (χ0v) is 14.2. The molecule has 3 rings (SSSR count). The summed E-state index contributed by atoms with van der Waals surface area (Å²) in [6.45, 7) is 4.73. The number of fused-ring (bicyclic) bond motifs is 2. The molecule has 0 N–H and O–H groups in total. The van der Waals surface area contributed by atoms with Crippen molar-refractivity contribution >= 4 is 5.78 Å². The summed E-state index contributed by atoms with van der Waals surface area (Å²) < 4.78 is 5.78. The van der Waals surface area contributed by atoms with E-state index >= 15 is 0 Å². The van der Waals surface area contributed by atoms with Crippen molar-refractivity contribution in [3.8, 4) is 0 Å². The molecule has 0 aliphatic carbocycles. The minimum absolute atomic E-state index is 0.262. The molecule has 0 aromatic heterocycles. The number of benzene rings is 1. The molecular weight excluding hydrogens is 286 g/mol. The second kappa shape index (κ2) is 8.07. The highest BCUT2D eigenvalue weighted by Crippen LogP contribution is 2.34. The second-order valence-electron chi connectivity index (χ2n) is 7.09. The summed E-state index contributed by atoms with van der Waals surface area (Å²) in [5, 5.41) is 0. The van der Waals surface area contributed by atoms with Crippen molar-refractivity contribution in [1.82, 2.24) is 4.90 Å². The van der Waals surface area contributed by atoms with Crippen molar-refractivity contribution in [1.29, 1.82) is 0 Å². The van der Waals surface area contributed by atoms with Crippen LogP contribution < -0.4 is 0 Å². The number of morpholine rings is 1. The largest absolute Gasteiger partial charge is 0.378 e. The number of Topliss-reactive ketones (excluding diaryl/α,β-unsaturated/α-hetero) is 1. The third-order valence-corrected chi connectivity index (χ3v) is 5.36. The van der Waals surface area contributed by atoms with Gasteiger partial charge in [0.25, 0.3) is 0 Å². The predicted octanol–water partition coefficient (Wildman–Crippen LogP) is 3.82. The van der Waals surface area contributed by atoms with Gasteiger partial charge in [-0.3, -0.25) is 9.69 Å². The number of ketones is 1. The van der Waals surface area contributed by atoms with Crippen molar-refractivity contribution in [2.24, 2.45) is 5.92 Å². The van der Waals surface area contributed by atoms with Gasteiger partial charge in [-0.25, -0.2) is 0 Å². The number of ether oxygens (including phenoxy) is 1. The average Bonchev–Trinajstić information content (AvgIpc) is 2.55. The maximum atomic E-state index is 12.5. The SMILES string of the molecule is CCCCCC(=O)C1CC2COCC(C1)N2Cc1ccccc1. The first-order valence-electron chi connectivity index (χ1n) is 9.18. The van der Waals surface area contributed by atoms with E-state index in [1.165, 1.54) is 18.4 Å². The van der Waals surface area contributed by atoms with Crippen molar-refractivity contribution < 1.29 is 9.53 Å². The molecule has 0 amide bonds. The second-order valence-corrected chi connectivity index (χ2v) is 7.09. The normalized spacial score (nSPS) is 27.8. The summed E-state index contributed by atoms with van der Waals surface area (Å²) in [6.07, 6.45) is 6.15. The quantitative estimate of drug-likeness (QED) is 0.717. The molecule has 2 heterocycles. The van der Waals surface area contributed by atoms with Gasteiger partial charge < -0.3 is 4.74 Å². The number of rotatable bonds is 7. The first kappa shape index (κ1) is 16.7. The molecule has 3 heteroatoms. The van der Waals surface area contributed by atoms with Gasteiger partial charge in [0.1, 0.15) is 5.78 Å². The van der Waals surface area contributed by atoms with Crippen molar-refractivity contribution in [3.05, 3.63) is 35.9 Å². The Hall–Kier alpha value is -1.19. The molecule has 2 unspecified atom stereocenters. The summed E-state index contributed by atoms with van der Waals surface area (Å²) in [7, 11) is 0. The van der Waals surface area contributed by atoms with Crippen molar-refractivity contribution in [3.63, 3.8) is 0 Å². The number of carbonyl (C=O) groups is 1. The van der Waals surface area contributed by atoms with Crippen molar-refractivity contribution in [2.45, 2.75) is 64.1 Å². The fourth-order valence-corrected chi connectivity index (χ4v) is 4.06. The molecule has 2 bridgehead atoms. The maximum absolute atomic E-state index is 12.5. The Labute approximate surface area is 140 Å². The molecule has 2 atom stereocenters. The molecule has 3 nitrogen and oxygen atoms in total. The van der Waals surface area contributed by atoms with E-state index in [9.17, 15) is 4.79 Å². The first-order chi connectivity index (χ1) is 11.3. The van der Waals surface area contributed by atoms with Crippen LogP contribution in [0.2, 0.25) is 0 Å². The first-order valence-corrected chi connectivity index (χ1v) is 9.18. The van der Waals surface area contributed by atoms with Crippen LogP contribution in [0.25, 0.3) is 0 Å². The molecule has 0 spiro atoms. The summed E-state index contributed by atoms with van der Waals surface area (Å²) in [6, 6.07) is 11.5. The molecule has 126 valence electrons. The van der Waals surface area contributed by atoms with Crippen LogP contribution in [-0.4, -0.2) is 36.0 Å². The highest BCUT2D eigenvalue weighted by atomic mass is 16.5. The lowest BCUT2D eigenvalue weighted by molar-refractivity contribution is -0.133. The number of nitrogens with zero attached hydrogens (tertiary/aromatic N) is 1. The van der Waals surface area contributed by atoms with Crippen LogP contribution in [-0.2, 0) is 16.1 Å². The monoisotopic (exact) mass is 315 g/mol. The Balaban J connectivity index is 1.60. The molecule has 2 fully saturated rings. The number of hydrogen-bond acceptors (Lipinski definition) is 3.